The van der Waals surface area contributed by atoms with Crippen LogP contribution in [0.2, 0.25) is 0 Å². The summed E-state index contributed by atoms with van der Waals surface area (Å²) in [5.74, 6) is 1.81. The lowest BCUT2D eigenvalue weighted by atomic mass is 10.1. The number of piperazine rings is 1. The number of para-hydroxylation sites is 1. The number of ether oxygens (including phenoxy) is 2. The minimum absolute atomic E-state index is 0.0716. The van der Waals surface area contributed by atoms with Crippen LogP contribution in [0.15, 0.2) is 71.6 Å². The lowest BCUT2D eigenvalue weighted by Crippen LogP contribution is -2.47. The van der Waals surface area contributed by atoms with E-state index in [-0.39, 0.29) is 10.6 Å². The second-order valence-corrected chi connectivity index (χ2v) is 11.9. The summed E-state index contributed by atoms with van der Waals surface area (Å²) >= 11 is 1.55. The van der Waals surface area contributed by atoms with Gasteiger partial charge in [0.25, 0.3) is 10.0 Å². The minimum Gasteiger partial charge on any atom is -0.497 e. The number of hydrogen-bond acceptors (Lipinski definition) is 8. The van der Waals surface area contributed by atoms with Gasteiger partial charge < -0.3 is 14.4 Å². The first-order valence-electron chi connectivity index (χ1n) is 12.5. The predicted octanol–water partition coefficient (Wildman–Crippen LogP) is 4.50. The maximum atomic E-state index is 13.6. The van der Waals surface area contributed by atoms with E-state index < -0.39 is 10.0 Å². The standard InChI is InChI=1S/C28H32N4O4S2/c1-30(38(33,34)27-20-22(35-2)12-13-25(27)36-3)24-10-6-4-8-21(24)14-15-31-16-18-32(19-17-31)28-23-9-5-7-11-26(23)37-29-28/h4-13,20H,14-19H2,1-3H3. The number of nitrogens with zero attached hydrogens (tertiary/aromatic N) is 4. The second kappa shape index (κ2) is 11.2. The zero-order chi connectivity index (χ0) is 26.7. The van der Waals surface area contributed by atoms with Crippen molar-refractivity contribution in [1.29, 1.82) is 0 Å². The normalized spacial score (nSPS) is 14.6. The van der Waals surface area contributed by atoms with Gasteiger partial charge in [-0.15, -0.1) is 0 Å². The molecule has 200 valence electrons. The highest BCUT2D eigenvalue weighted by atomic mass is 32.2. The summed E-state index contributed by atoms with van der Waals surface area (Å²) in [5.41, 5.74) is 1.64. The summed E-state index contributed by atoms with van der Waals surface area (Å²) in [4.78, 5) is 4.87. The van der Waals surface area contributed by atoms with Crippen LogP contribution in [0.25, 0.3) is 10.1 Å². The van der Waals surface area contributed by atoms with Gasteiger partial charge in [-0.2, -0.15) is 4.37 Å². The van der Waals surface area contributed by atoms with Gasteiger partial charge in [-0.3, -0.25) is 9.21 Å². The van der Waals surface area contributed by atoms with Crippen LogP contribution in [0.1, 0.15) is 5.56 Å². The Hall–Kier alpha value is -3.34. The lowest BCUT2D eigenvalue weighted by molar-refractivity contribution is 0.261. The van der Waals surface area contributed by atoms with Gasteiger partial charge >= 0.3 is 0 Å². The van der Waals surface area contributed by atoms with Crippen molar-refractivity contribution < 1.29 is 17.9 Å². The first-order valence-corrected chi connectivity index (χ1v) is 14.7. The van der Waals surface area contributed by atoms with Crippen LogP contribution >= 0.6 is 11.5 Å². The number of fused-ring (bicyclic) bond motifs is 1. The Morgan fingerprint density at radius 1 is 0.947 bits per heavy atom. The van der Waals surface area contributed by atoms with Gasteiger partial charge in [0.2, 0.25) is 0 Å². The van der Waals surface area contributed by atoms with Crippen LogP contribution in [0.5, 0.6) is 11.5 Å². The Bertz CT molecular complexity index is 1510. The molecule has 0 N–H and O–H groups in total. The highest BCUT2D eigenvalue weighted by Crippen LogP contribution is 2.34. The zero-order valence-electron chi connectivity index (χ0n) is 21.8. The largest absolute Gasteiger partial charge is 0.497 e. The van der Waals surface area contributed by atoms with Crippen LogP contribution in [-0.2, 0) is 16.4 Å². The molecule has 1 saturated heterocycles. The van der Waals surface area contributed by atoms with Gasteiger partial charge in [0.05, 0.1) is 24.6 Å². The minimum atomic E-state index is -3.88. The van der Waals surface area contributed by atoms with Crippen LogP contribution < -0.4 is 18.7 Å². The van der Waals surface area contributed by atoms with Crippen LogP contribution in [0, 0.1) is 0 Å². The number of hydrogen-bond donors (Lipinski definition) is 0. The van der Waals surface area contributed by atoms with E-state index >= 15 is 0 Å². The quantitative estimate of drug-likeness (QED) is 0.303. The number of sulfonamides is 1. The van der Waals surface area contributed by atoms with E-state index in [0.717, 1.165) is 50.5 Å². The average molecular weight is 553 g/mol. The fourth-order valence-electron chi connectivity index (χ4n) is 4.85. The second-order valence-electron chi connectivity index (χ2n) is 9.20. The summed E-state index contributed by atoms with van der Waals surface area (Å²) in [6.45, 7) is 4.55. The topological polar surface area (TPSA) is 75.2 Å². The molecule has 0 atom stereocenters. The van der Waals surface area contributed by atoms with Crippen molar-refractivity contribution in [3.8, 4) is 11.5 Å². The van der Waals surface area contributed by atoms with Gasteiger partial charge in [-0.1, -0.05) is 30.3 Å². The molecule has 0 unspecified atom stereocenters. The van der Waals surface area contributed by atoms with Gasteiger partial charge in [-0.25, -0.2) is 8.42 Å². The fraction of sp³-hybridized carbons (Fsp3) is 0.321. The highest BCUT2D eigenvalue weighted by molar-refractivity contribution is 7.93. The van der Waals surface area contributed by atoms with Crippen molar-refractivity contribution in [2.45, 2.75) is 11.3 Å². The van der Waals surface area contributed by atoms with Gasteiger partial charge in [-0.05, 0) is 53.8 Å². The molecule has 2 heterocycles. The molecule has 10 heteroatoms. The molecule has 1 aliphatic rings. The molecule has 1 aromatic heterocycles. The molecule has 38 heavy (non-hydrogen) atoms. The number of aromatic nitrogens is 1. The molecule has 5 rings (SSSR count). The molecule has 0 spiro atoms. The molecule has 4 aromatic rings. The zero-order valence-corrected chi connectivity index (χ0v) is 23.5. The first kappa shape index (κ1) is 26.3. The Kier molecular flexibility index (Phi) is 7.73. The van der Waals surface area contributed by atoms with Crippen LogP contribution in [0.4, 0.5) is 11.5 Å². The molecular weight excluding hydrogens is 520 g/mol. The van der Waals surface area contributed by atoms with E-state index in [9.17, 15) is 8.42 Å². The summed E-state index contributed by atoms with van der Waals surface area (Å²) in [6, 6.07) is 20.8. The molecule has 8 nitrogen and oxygen atoms in total. The van der Waals surface area contributed by atoms with Gasteiger partial charge in [0, 0.05) is 51.2 Å². The Morgan fingerprint density at radius 2 is 1.68 bits per heavy atom. The Labute approximate surface area is 228 Å². The van der Waals surface area contributed by atoms with E-state index in [2.05, 4.69) is 34.1 Å². The first-order chi connectivity index (χ1) is 18.4. The summed E-state index contributed by atoms with van der Waals surface area (Å²) in [7, 11) is 0.680. The van der Waals surface area contributed by atoms with E-state index in [0.29, 0.717) is 11.4 Å². The monoisotopic (exact) mass is 552 g/mol. The highest BCUT2D eigenvalue weighted by Gasteiger charge is 2.28. The maximum Gasteiger partial charge on any atom is 0.267 e. The summed E-state index contributed by atoms with van der Waals surface area (Å²) in [6.07, 6.45) is 0.741. The van der Waals surface area contributed by atoms with Gasteiger partial charge in [0.15, 0.2) is 0 Å². The predicted molar refractivity (Wildman–Crippen MR) is 154 cm³/mol. The van der Waals surface area contributed by atoms with Crippen LogP contribution in [-0.4, -0.2) is 71.7 Å². The summed E-state index contributed by atoms with van der Waals surface area (Å²) in [5, 5.41) is 1.22. The van der Waals surface area contributed by atoms with Gasteiger partial charge in [0.1, 0.15) is 22.2 Å². The third-order valence-corrected chi connectivity index (χ3v) is 9.68. The number of anilines is 2. The van der Waals surface area contributed by atoms with E-state index in [1.807, 2.05) is 24.3 Å². The lowest BCUT2D eigenvalue weighted by Gasteiger charge is -2.35. The molecule has 1 aliphatic heterocycles. The van der Waals surface area contributed by atoms with E-state index in [1.54, 1.807) is 30.7 Å². The molecule has 1 fully saturated rings. The molecule has 0 bridgehead atoms. The molecule has 0 aliphatic carbocycles. The third-order valence-electron chi connectivity index (χ3n) is 7.07. The van der Waals surface area contributed by atoms with Crippen molar-refractivity contribution in [1.82, 2.24) is 9.27 Å². The SMILES string of the molecule is COc1ccc(OC)c(S(=O)(=O)N(C)c2ccccc2CCN2CCN(c3nsc4ccccc34)CC2)c1. The van der Waals surface area contributed by atoms with Crippen molar-refractivity contribution in [2.24, 2.45) is 0 Å². The number of methoxy groups -OCH3 is 2. The number of benzene rings is 3. The third kappa shape index (κ3) is 5.16. The van der Waals surface area contributed by atoms with Crippen LogP contribution in [0.3, 0.4) is 0 Å². The Morgan fingerprint density at radius 3 is 2.45 bits per heavy atom. The van der Waals surface area contributed by atoms with Crippen molar-refractivity contribution >= 4 is 43.1 Å². The molecule has 0 amide bonds. The summed E-state index contributed by atoms with van der Waals surface area (Å²) < 4.78 is 45.2. The average Bonchev–Trinajstić information content (AvgIpc) is 3.40. The van der Waals surface area contributed by atoms with Crippen molar-refractivity contribution in [3.05, 3.63) is 72.3 Å². The van der Waals surface area contributed by atoms with Crippen molar-refractivity contribution in [2.75, 3.05) is 63.2 Å². The molecule has 0 radical (unpaired) electrons. The molecule has 0 saturated carbocycles. The number of rotatable bonds is 9. The Balaban J connectivity index is 1.27. The molecular formula is C28H32N4O4S2. The van der Waals surface area contributed by atoms with E-state index in [1.165, 1.54) is 34.7 Å². The smallest absolute Gasteiger partial charge is 0.267 e. The van der Waals surface area contributed by atoms with E-state index in [4.69, 9.17) is 13.8 Å². The maximum absolute atomic E-state index is 13.6. The van der Waals surface area contributed by atoms with Crippen molar-refractivity contribution in [3.63, 3.8) is 0 Å². The molecule has 3 aromatic carbocycles. The fourth-order valence-corrected chi connectivity index (χ4v) is 7.05.